The molecule has 94 valence electrons. The average molecular weight is 260 g/mol. The van der Waals surface area contributed by atoms with Gasteiger partial charge >= 0.3 is 0 Å². The van der Waals surface area contributed by atoms with Crippen LogP contribution in [0.5, 0.6) is 0 Å². The number of hydrogen-bond donors (Lipinski definition) is 1. The van der Waals surface area contributed by atoms with Crippen molar-refractivity contribution >= 4 is 17.2 Å². The molecule has 3 nitrogen and oxygen atoms in total. The van der Waals surface area contributed by atoms with Crippen molar-refractivity contribution < 1.29 is 5.11 Å². The summed E-state index contributed by atoms with van der Waals surface area (Å²) in [4.78, 5) is 8.16. The Hall–Kier alpha value is -1.39. The summed E-state index contributed by atoms with van der Waals surface area (Å²) in [6, 6.07) is 8.72. The molecular formula is C14H16N2OS. The summed E-state index contributed by atoms with van der Waals surface area (Å²) < 4.78 is 0. The van der Waals surface area contributed by atoms with E-state index in [-0.39, 0.29) is 6.61 Å². The Morgan fingerprint density at radius 3 is 2.94 bits per heavy atom. The Labute approximate surface area is 111 Å². The van der Waals surface area contributed by atoms with Gasteiger partial charge in [-0.05, 0) is 42.0 Å². The van der Waals surface area contributed by atoms with Gasteiger partial charge in [0.25, 0.3) is 0 Å². The molecule has 3 rings (SSSR count). The lowest BCUT2D eigenvalue weighted by atomic mass is 10.2. The number of pyridine rings is 1. The smallest absolute Gasteiger partial charge is 0.129 e. The summed E-state index contributed by atoms with van der Waals surface area (Å²) in [6.07, 6.45) is 4.28. The molecule has 0 spiro atoms. The van der Waals surface area contributed by atoms with Crippen LogP contribution in [0.15, 0.2) is 35.8 Å². The first kappa shape index (κ1) is 11.7. The van der Waals surface area contributed by atoms with Crippen molar-refractivity contribution in [3.05, 3.63) is 46.3 Å². The monoisotopic (exact) mass is 260 g/mol. The van der Waals surface area contributed by atoms with Crippen LogP contribution in [0.2, 0.25) is 0 Å². The summed E-state index contributed by atoms with van der Waals surface area (Å²) >= 11 is 1.78. The van der Waals surface area contributed by atoms with Gasteiger partial charge in [0, 0.05) is 17.1 Å². The summed E-state index contributed by atoms with van der Waals surface area (Å²) in [5, 5.41) is 11.3. The van der Waals surface area contributed by atoms with E-state index in [1.807, 2.05) is 12.1 Å². The van der Waals surface area contributed by atoms with E-state index < -0.39 is 0 Å². The zero-order valence-electron chi connectivity index (χ0n) is 10.1. The first-order chi connectivity index (χ1) is 8.86. The molecule has 2 heterocycles. The zero-order chi connectivity index (χ0) is 12.4. The van der Waals surface area contributed by atoms with E-state index in [1.165, 1.54) is 17.7 Å². The number of aromatic nitrogens is 1. The molecule has 2 aromatic rings. The predicted octanol–water partition coefficient (Wildman–Crippen LogP) is 2.80. The van der Waals surface area contributed by atoms with Crippen LogP contribution in [0.1, 0.15) is 23.3 Å². The van der Waals surface area contributed by atoms with E-state index in [2.05, 4.69) is 27.4 Å². The van der Waals surface area contributed by atoms with E-state index in [0.29, 0.717) is 6.04 Å². The Morgan fingerprint density at radius 2 is 2.28 bits per heavy atom. The van der Waals surface area contributed by atoms with Crippen LogP contribution >= 0.6 is 11.3 Å². The molecule has 1 aliphatic rings. The van der Waals surface area contributed by atoms with Gasteiger partial charge in [0.1, 0.15) is 5.82 Å². The van der Waals surface area contributed by atoms with Gasteiger partial charge in [-0.3, -0.25) is 0 Å². The lowest BCUT2D eigenvalue weighted by Gasteiger charge is -2.23. The summed E-state index contributed by atoms with van der Waals surface area (Å²) in [5.74, 6) is 0.984. The third-order valence-electron chi connectivity index (χ3n) is 3.18. The molecule has 0 aliphatic heterocycles. The zero-order valence-corrected chi connectivity index (χ0v) is 10.9. The minimum absolute atomic E-state index is 0.0764. The molecule has 0 bridgehead atoms. The highest BCUT2D eigenvalue weighted by Crippen LogP contribution is 2.32. The number of aliphatic hydroxyl groups excluding tert-OH is 1. The van der Waals surface area contributed by atoms with Gasteiger partial charge in [-0.2, -0.15) is 0 Å². The fourth-order valence-corrected chi connectivity index (χ4v) is 2.77. The number of aliphatic hydroxyl groups is 1. The van der Waals surface area contributed by atoms with Gasteiger partial charge in [0.2, 0.25) is 0 Å². The Morgan fingerprint density at radius 1 is 1.39 bits per heavy atom. The minimum atomic E-state index is 0.0764. The van der Waals surface area contributed by atoms with Crippen LogP contribution in [-0.4, -0.2) is 16.1 Å². The predicted molar refractivity (Wildman–Crippen MR) is 73.7 cm³/mol. The van der Waals surface area contributed by atoms with Crippen molar-refractivity contribution in [2.45, 2.75) is 32.0 Å². The lowest BCUT2D eigenvalue weighted by Crippen LogP contribution is -2.25. The number of thiophene rings is 1. The topological polar surface area (TPSA) is 36.4 Å². The summed E-state index contributed by atoms with van der Waals surface area (Å²) in [6.45, 7) is 0.997. The standard InChI is InChI=1S/C14H16N2OS/c17-10-11-5-6-15-14(8-11)16(12-3-4-12)9-13-2-1-7-18-13/h1-2,5-8,12,17H,3-4,9-10H2. The molecule has 4 heteroatoms. The molecule has 1 saturated carbocycles. The Kier molecular flexibility index (Phi) is 3.30. The second-order valence-electron chi connectivity index (χ2n) is 4.62. The lowest BCUT2D eigenvalue weighted by molar-refractivity contribution is 0.281. The maximum atomic E-state index is 9.21. The van der Waals surface area contributed by atoms with E-state index in [4.69, 9.17) is 0 Å². The minimum Gasteiger partial charge on any atom is -0.392 e. The van der Waals surface area contributed by atoms with Crippen LogP contribution in [0.25, 0.3) is 0 Å². The maximum absolute atomic E-state index is 9.21. The van der Waals surface area contributed by atoms with Crippen LogP contribution < -0.4 is 4.90 Å². The van der Waals surface area contributed by atoms with Crippen molar-refractivity contribution in [1.82, 2.24) is 4.98 Å². The number of hydrogen-bond acceptors (Lipinski definition) is 4. The van der Waals surface area contributed by atoms with Crippen molar-refractivity contribution in [2.24, 2.45) is 0 Å². The Balaban J connectivity index is 1.84. The molecule has 18 heavy (non-hydrogen) atoms. The molecule has 0 radical (unpaired) electrons. The molecule has 0 aromatic carbocycles. The van der Waals surface area contributed by atoms with Gasteiger partial charge in [-0.15, -0.1) is 11.3 Å². The molecule has 1 aliphatic carbocycles. The highest BCUT2D eigenvalue weighted by atomic mass is 32.1. The van der Waals surface area contributed by atoms with Gasteiger partial charge < -0.3 is 10.0 Å². The van der Waals surface area contributed by atoms with Gasteiger partial charge in [-0.25, -0.2) is 4.98 Å². The van der Waals surface area contributed by atoms with Crippen LogP contribution in [0.3, 0.4) is 0 Å². The SMILES string of the molecule is OCc1ccnc(N(Cc2cccs2)C2CC2)c1. The highest BCUT2D eigenvalue weighted by molar-refractivity contribution is 7.09. The highest BCUT2D eigenvalue weighted by Gasteiger charge is 2.30. The second-order valence-corrected chi connectivity index (χ2v) is 5.65. The largest absolute Gasteiger partial charge is 0.392 e. The molecule has 0 atom stereocenters. The van der Waals surface area contributed by atoms with Crippen LogP contribution in [0, 0.1) is 0 Å². The summed E-state index contributed by atoms with van der Waals surface area (Å²) in [7, 11) is 0. The third kappa shape index (κ3) is 2.54. The quantitative estimate of drug-likeness (QED) is 0.898. The first-order valence-corrected chi connectivity index (χ1v) is 7.09. The van der Waals surface area contributed by atoms with Crippen molar-refractivity contribution in [3.8, 4) is 0 Å². The molecular weight excluding hydrogens is 244 g/mol. The molecule has 2 aromatic heterocycles. The van der Waals surface area contributed by atoms with E-state index in [9.17, 15) is 5.11 Å². The molecule has 1 fully saturated rings. The normalized spacial score (nSPS) is 14.7. The van der Waals surface area contributed by atoms with Crippen LogP contribution in [0.4, 0.5) is 5.82 Å². The first-order valence-electron chi connectivity index (χ1n) is 6.21. The van der Waals surface area contributed by atoms with Crippen molar-refractivity contribution in [1.29, 1.82) is 0 Å². The van der Waals surface area contributed by atoms with E-state index >= 15 is 0 Å². The average Bonchev–Trinajstić information content (AvgIpc) is 3.13. The van der Waals surface area contributed by atoms with Crippen LogP contribution in [-0.2, 0) is 13.2 Å². The fraction of sp³-hybridized carbons (Fsp3) is 0.357. The van der Waals surface area contributed by atoms with Crippen molar-refractivity contribution in [2.75, 3.05) is 4.90 Å². The van der Waals surface area contributed by atoms with Gasteiger partial charge in [0.15, 0.2) is 0 Å². The molecule has 0 saturated heterocycles. The number of anilines is 1. The number of rotatable bonds is 5. The second kappa shape index (κ2) is 5.08. The third-order valence-corrected chi connectivity index (χ3v) is 4.04. The van der Waals surface area contributed by atoms with Gasteiger partial charge in [-0.1, -0.05) is 6.07 Å². The van der Waals surface area contributed by atoms with E-state index in [0.717, 1.165) is 17.9 Å². The van der Waals surface area contributed by atoms with E-state index in [1.54, 1.807) is 17.5 Å². The molecule has 1 N–H and O–H groups in total. The summed E-state index contributed by atoms with van der Waals surface area (Å²) in [5.41, 5.74) is 0.928. The number of nitrogens with zero attached hydrogens (tertiary/aromatic N) is 2. The van der Waals surface area contributed by atoms with Gasteiger partial charge in [0.05, 0.1) is 13.2 Å². The molecule has 0 unspecified atom stereocenters. The van der Waals surface area contributed by atoms with Crippen molar-refractivity contribution in [3.63, 3.8) is 0 Å². The maximum Gasteiger partial charge on any atom is 0.129 e. The molecule has 0 amide bonds. The fourth-order valence-electron chi connectivity index (χ4n) is 2.07. The Bertz CT molecular complexity index is 508.